The van der Waals surface area contributed by atoms with Crippen LogP contribution in [0.15, 0.2) is 53.4 Å². The molecular weight excluding hydrogens is 370 g/mol. The number of nitrogens with zero attached hydrogens (tertiary/aromatic N) is 1. The second kappa shape index (κ2) is 8.52. The minimum atomic E-state index is -2.48. The summed E-state index contributed by atoms with van der Waals surface area (Å²) >= 11 is 0.456. The predicted octanol–water partition coefficient (Wildman–Crippen LogP) is 4.56. The van der Waals surface area contributed by atoms with Crippen LogP contribution < -0.4 is 10.2 Å². The van der Waals surface area contributed by atoms with E-state index < -0.39 is 11.7 Å². The molecule has 1 aliphatic rings. The Morgan fingerprint density at radius 3 is 2.59 bits per heavy atom. The van der Waals surface area contributed by atoms with Gasteiger partial charge >= 0.3 is 0 Å². The summed E-state index contributed by atoms with van der Waals surface area (Å²) in [4.78, 5) is 27.1. The second-order valence-electron chi connectivity index (χ2n) is 6.28. The lowest BCUT2D eigenvalue weighted by Crippen LogP contribution is -2.28. The van der Waals surface area contributed by atoms with Crippen LogP contribution in [0, 0.1) is 5.92 Å². The highest BCUT2D eigenvalue weighted by Crippen LogP contribution is 2.30. The number of hydrogen-bond acceptors (Lipinski definition) is 3. The average Bonchev–Trinajstić information content (AvgIpc) is 3.04. The molecule has 0 bridgehead atoms. The van der Waals surface area contributed by atoms with Gasteiger partial charge in [0.2, 0.25) is 11.8 Å². The van der Waals surface area contributed by atoms with Crippen molar-refractivity contribution in [3.8, 4) is 0 Å². The fourth-order valence-corrected chi connectivity index (χ4v) is 3.65. The van der Waals surface area contributed by atoms with Gasteiger partial charge in [-0.3, -0.25) is 9.59 Å². The third kappa shape index (κ3) is 4.66. The first-order valence-corrected chi connectivity index (χ1v) is 9.60. The van der Waals surface area contributed by atoms with E-state index in [9.17, 15) is 18.4 Å². The van der Waals surface area contributed by atoms with Gasteiger partial charge in [-0.1, -0.05) is 36.9 Å². The zero-order chi connectivity index (χ0) is 19.4. The molecule has 1 unspecified atom stereocenters. The second-order valence-corrected chi connectivity index (χ2v) is 7.34. The molecule has 4 nitrogen and oxygen atoms in total. The summed E-state index contributed by atoms with van der Waals surface area (Å²) in [6.45, 7) is 2.36. The first-order chi connectivity index (χ1) is 13.0. The number of halogens is 2. The Morgan fingerprint density at radius 1 is 1.22 bits per heavy atom. The molecular formula is C20H20F2N2O2S. The number of aryl methyl sites for hydroxylation is 1. The Hall–Kier alpha value is -2.41. The quantitative estimate of drug-likeness (QED) is 0.736. The number of hydrogen-bond donors (Lipinski definition) is 1. The molecule has 1 N–H and O–H groups in total. The van der Waals surface area contributed by atoms with Crippen molar-refractivity contribution in [2.45, 2.75) is 30.4 Å². The van der Waals surface area contributed by atoms with E-state index in [0.29, 0.717) is 28.9 Å². The Balaban J connectivity index is 1.65. The molecule has 27 heavy (non-hydrogen) atoms. The molecule has 0 radical (unpaired) electrons. The standard InChI is InChI=1S/C20H20F2N2O2S/c1-2-13-5-3-4-6-17(13)24-12-14(11-18(24)25)19(26)23-15-7-9-16(10-8-15)27-20(21)22/h3-10,14,20H,2,11-12H2,1H3,(H,23,26). The first-order valence-electron chi connectivity index (χ1n) is 8.72. The zero-order valence-corrected chi connectivity index (χ0v) is 15.6. The van der Waals surface area contributed by atoms with Gasteiger partial charge in [0, 0.05) is 29.2 Å². The van der Waals surface area contributed by atoms with E-state index in [-0.39, 0.29) is 18.2 Å². The molecule has 1 saturated heterocycles. The van der Waals surface area contributed by atoms with Gasteiger partial charge in [0.15, 0.2) is 0 Å². The lowest BCUT2D eigenvalue weighted by molar-refractivity contribution is -0.122. The zero-order valence-electron chi connectivity index (χ0n) is 14.8. The maximum absolute atomic E-state index is 12.5. The largest absolute Gasteiger partial charge is 0.326 e. The number of alkyl halides is 2. The molecule has 0 aliphatic carbocycles. The molecule has 0 saturated carbocycles. The van der Waals surface area contributed by atoms with E-state index in [0.717, 1.165) is 17.7 Å². The van der Waals surface area contributed by atoms with E-state index >= 15 is 0 Å². The van der Waals surface area contributed by atoms with E-state index in [1.54, 1.807) is 17.0 Å². The monoisotopic (exact) mass is 390 g/mol. The number of benzene rings is 2. The molecule has 0 spiro atoms. The van der Waals surface area contributed by atoms with Crippen LogP contribution in [-0.4, -0.2) is 24.1 Å². The molecule has 1 atom stereocenters. The molecule has 2 amide bonds. The molecule has 142 valence electrons. The maximum atomic E-state index is 12.5. The van der Waals surface area contributed by atoms with Crippen LogP contribution in [0.5, 0.6) is 0 Å². The van der Waals surface area contributed by atoms with Crippen LogP contribution >= 0.6 is 11.8 Å². The van der Waals surface area contributed by atoms with Gasteiger partial charge in [-0.15, -0.1) is 0 Å². The van der Waals surface area contributed by atoms with Crippen LogP contribution in [0.2, 0.25) is 0 Å². The number of nitrogens with one attached hydrogen (secondary N) is 1. The van der Waals surface area contributed by atoms with E-state index in [1.165, 1.54) is 12.1 Å². The number of amides is 2. The maximum Gasteiger partial charge on any atom is 0.288 e. The third-order valence-corrected chi connectivity index (χ3v) is 5.23. The Bertz CT molecular complexity index is 827. The lowest BCUT2D eigenvalue weighted by Gasteiger charge is -2.20. The number of carbonyl (C=O) groups excluding carboxylic acids is 2. The predicted molar refractivity (Wildman–Crippen MR) is 103 cm³/mol. The fourth-order valence-electron chi connectivity index (χ4n) is 3.15. The number of rotatable bonds is 6. The Morgan fingerprint density at radius 2 is 1.93 bits per heavy atom. The van der Waals surface area contributed by atoms with Gasteiger partial charge in [-0.2, -0.15) is 8.78 Å². The molecule has 2 aromatic carbocycles. The highest BCUT2D eigenvalue weighted by atomic mass is 32.2. The highest BCUT2D eigenvalue weighted by molar-refractivity contribution is 7.99. The molecule has 1 aliphatic heterocycles. The van der Waals surface area contributed by atoms with Crippen LogP contribution in [0.1, 0.15) is 18.9 Å². The topological polar surface area (TPSA) is 49.4 Å². The molecule has 0 aromatic heterocycles. The van der Waals surface area contributed by atoms with Gasteiger partial charge in [0.1, 0.15) is 0 Å². The van der Waals surface area contributed by atoms with Gasteiger partial charge in [0.25, 0.3) is 5.76 Å². The highest BCUT2D eigenvalue weighted by Gasteiger charge is 2.35. The average molecular weight is 390 g/mol. The first kappa shape index (κ1) is 19.4. The minimum Gasteiger partial charge on any atom is -0.326 e. The number of thioether (sulfide) groups is 1. The Labute approximate surface area is 160 Å². The van der Waals surface area contributed by atoms with E-state index in [2.05, 4.69) is 5.32 Å². The van der Waals surface area contributed by atoms with Crippen molar-refractivity contribution in [2.75, 3.05) is 16.8 Å². The summed E-state index contributed by atoms with van der Waals surface area (Å²) in [5.41, 5.74) is 2.45. The number of anilines is 2. The molecule has 1 heterocycles. The Kier molecular flexibility index (Phi) is 6.11. The molecule has 1 fully saturated rings. The summed E-state index contributed by atoms with van der Waals surface area (Å²) in [7, 11) is 0. The van der Waals surface area contributed by atoms with Crippen molar-refractivity contribution in [1.29, 1.82) is 0 Å². The minimum absolute atomic E-state index is 0.0697. The van der Waals surface area contributed by atoms with Crippen molar-refractivity contribution >= 4 is 35.0 Å². The number of carbonyl (C=O) groups is 2. The van der Waals surface area contributed by atoms with Crippen LogP contribution in [0.4, 0.5) is 20.2 Å². The molecule has 7 heteroatoms. The lowest BCUT2D eigenvalue weighted by atomic mass is 10.1. The van der Waals surface area contributed by atoms with Crippen molar-refractivity contribution in [3.63, 3.8) is 0 Å². The van der Waals surface area contributed by atoms with Gasteiger partial charge < -0.3 is 10.2 Å². The van der Waals surface area contributed by atoms with Crippen molar-refractivity contribution in [3.05, 3.63) is 54.1 Å². The van der Waals surface area contributed by atoms with Gasteiger partial charge in [-0.05, 0) is 42.3 Å². The van der Waals surface area contributed by atoms with Gasteiger partial charge in [0.05, 0.1) is 5.92 Å². The molecule has 2 aromatic rings. The summed E-state index contributed by atoms with van der Waals surface area (Å²) < 4.78 is 24.7. The summed E-state index contributed by atoms with van der Waals surface area (Å²) in [6, 6.07) is 13.9. The normalized spacial score (nSPS) is 16.8. The summed E-state index contributed by atoms with van der Waals surface area (Å²) in [5.74, 6) is -3.24. The molecule has 3 rings (SSSR count). The fraction of sp³-hybridized carbons (Fsp3) is 0.300. The van der Waals surface area contributed by atoms with Crippen molar-refractivity contribution in [2.24, 2.45) is 5.92 Å². The summed E-state index contributed by atoms with van der Waals surface area (Å²) in [6.07, 6.45) is 0.961. The smallest absolute Gasteiger partial charge is 0.288 e. The third-order valence-electron chi connectivity index (χ3n) is 4.51. The van der Waals surface area contributed by atoms with E-state index in [4.69, 9.17) is 0 Å². The SMILES string of the molecule is CCc1ccccc1N1CC(C(=O)Nc2ccc(SC(F)F)cc2)CC1=O. The van der Waals surface area contributed by atoms with Crippen molar-refractivity contribution < 1.29 is 18.4 Å². The van der Waals surface area contributed by atoms with Crippen LogP contribution in [0.3, 0.4) is 0 Å². The van der Waals surface area contributed by atoms with Crippen molar-refractivity contribution in [1.82, 2.24) is 0 Å². The number of para-hydroxylation sites is 1. The van der Waals surface area contributed by atoms with Crippen LogP contribution in [-0.2, 0) is 16.0 Å². The van der Waals surface area contributed by atoms with Gasteiger partial charge in [-0.25, -0.2) is 0 Å². The van der Waals surface area contributed by atoms with E-state index in [1.807, 2.05) is 31.2 Å². The summed E-state index contributed by atoms with van der Waals surface area (Å²) in [5, 5.41) is 2.77. The van der Waals surface area contributed by atoms with Crippen LogP contribution in [0.25, 0.3) is 0 Å².